The van der Waals surface area contributed by atoms with Crippen LogP contribution in [-0.2, 0) is 4.79 Å². The Bertz CT molecular complexity index is 499. The number of rotatable bonds is 6. The molecule has 1 aromatic rings. The summed E-state index contributed by atoms with van der Waals surface area (Å²) in [5, 5.41) is 0. The van der Waals surface area contributed by atoms with Crippen molar-refractivity contribution >= 4 is 18.3 Å². The molecule has 0 aromatic heterocycles. The Labute approximate surface area is 143 Å². The molecule has 0 radical (unpaired) electrons. The van der Waals surface area contributed by atoms with Gasteiger partial charge in [-0.3, -0.25) is 4.79 Å². The van der Waals surface area contributed by atoms with Crippen LogP contribution in [0, 0.1) is 5.82 Å². The van der Waals surface area contributed by atoms with Crippen LogP contribution in [0.2, 0.25) is 0 Å². The number of hydrogen-bond donors (Lipinski definition) is 1. The van der Waals surface area contributed by atoms with Crippen molar-refractivity contribution in [3.8, 4) is 5.75 Å². The molecule has 1 saturated heterocycles. The molecule has 1 aliphatic heterocycles. The van der Waals surface area contributed by atoms with Crippen LogP contribution in [0.15, 0.2) is 24.3 Å². The van der Waals surface area contributed by atoms with Gasteiger partial charge in [0.2, 0.25) is 5.91 Å². The van der Waals surface area contributed by atoms with E-state index >= 15 is 0 Å². The normalized spacial score (nSPS) is 18.9. The van der Waals surface area contributed by atoms with Crippen molar-refractivity contribution in [2.45, 2.75) is 51.1 Å². The molecule has 0 saturated carbocycles. The largest absolute Gasteiger partial charge is 0.493 e. The average Bonchev–Trinajstić information content (AvgIpc) is 2.51. The quantitative estimate of drug-likeness (QED) is 0.807. The molecular formula is C17H26ClFN2O2. The fraction of sp³-hybridized carbons (Fsp3) is 0.588. The molecule has 23 heavy (non-hydrogen) atoms. The second kappa shape index (κ2) is 9.73. The number of halogens is 2. The van der Waals surface area contributed by atoms with Gasteiger partial charge in [-0.25, -0.2) is 4.39 Å². The van der Waals surface area contributed by atoms with Gasteiger partial charge < -0.3 is 15.4 Å². The van der Waals surface area contributed by atoms with Gasteiger partial charge in [0.25, 0.3) is 0 Å². The Morgan fingerprint density at radius 2 is 2.26 bits per heavy atom. The molecular weight excluding hydrogens is 319 g/mol. The molecule has 0 aliphatic carbocycles. The number of amides is 1. The molecule has 0 bridgehead atoms. The van der Waals surface area contributed by atoms with E-state index in [2.05, 4.69) is 0 Å². The standard InChI is InChI=1S/C17H25FN2O2.ClH/c1-13(19)16-8-2-3-10-20(16)17(21)9-5-11-22-15-7-4-6-14(18)12-15;/h4,6-7,12-13,16H,2-3,5,8-11,19H2,1H3;1H. The van der Waals surface area contributed by atoms with Crippen molar-refractivity contribution in [3.05, 3.63) is 30.1 Å². The van der Waals surface area contributed by atoms with Gasteiger partial charge in [-0.15, -0.1) is 12.4 Å². The van der Waals surface area contributed by atoms with Gasteiger partial charge in [0.15, 0.2) is 0 Å². The highest BCUT2D eigenvalue weighted by molar-refractivity contribution is 5.85. The number of carbonyl (C=O) groups excluding carboxylic acids is 1. The van der Waals surface area contributed by atoms with Gasteiger partial charge in [0, 0.05) is 31.1 Å². The minimum Gasteiger partial charge on any atom is -0.493 e. The molecule has 1 aromatic carbocycles. The molecule has 1 fully saturated rings. The third-order valence-corrected chi connectivity index (χ3v) is 4.08. The van der Waals surface area contributed by atoms with Crippen LogP contribution in [-0.4, -0.2) is 36.0 Å². The zero-order valence-corrected chi connectivity index (χ0v) is 14.4. The molecule has 1 amide bonds. The summed E-state index contributed by atoms with van der Waals surface area (Å²) in [6, 6.07) is 6.20. The lowest BCUT2D eigenvalue weighted by molar-refractivity contribution is -0.135. The number of nitrogens with two attached hydrogens (primary N) is 1. The molecule has 2 atom stereocenters. The molecule has 2 unspecified atom stereocenters. The fourth-order valence-electron chi connectivity index (χ4n) is 2.93. The van der Waals surface area contributed by atoms with Crippen LogP contribution in [0.5, 0.6) is 5.75 Å². The molecule has 4 nitrogen and oxygen atoms in total. The molecule has 2 rings (SSSR count). The van der Waals surface area contributed by atoms with Crippen LogP contribution >= 0.6 is 12.4 Å². The van der Waals surface area contributed by atoms with Gasteiger partial charge >= 0.3 is 0 Å². The Hall–Kier alpha value is -1.33. The summed E-state index contributed by atoms with van der Waals surface area (Å²) in [6.45, 7) is 3.17. The first-order valence-electron chi connectivity index (χ1n) is 8.01. The fourth-order valence-corrected chi connectivity index (χ4v) is 2.93. The van der Waals surface area contributed by atoms with Gasteiger partial charge in [-0.1, -0.05) is 6.07 Å². The summed E-state index contributed by atoms with van der Waals surface area (Å²) in [5.74, 6) is 0.324. The summed E-state index contributed by atoms with van der Waals surface area (Å²) in [7, 11) is 0. The molecule has 1 aliphatic rings. The summed E-state index contributed by atoms with van der Waals surface area (Å²) in [5.41, 5.74) is 5.99. The smallest absolute Gasteiger partial charge is 0.222 e. The Morgan fingerprint density at radius 1 is 1.48 bits per heavy atom. The second-order valence-electron chi connectivity index (χ2n) is 5.92. The lowest BCUT2D eigenvalue weighted by Crippen LogP contribution is -2.51. The topological polar surface area (TPSA) is 55.6 Å². The summed E-state index contributed by atoms with van der Waals surface area (Å²) < 4.78 is 18.5. The highest BCUT2D eigenvalue weighted by Crippen LogP contribution is 2.20. The van der Waals surface area contributed by atoms with Crippen LogP contribution in [0.4, 0.5) is 4.39 Å². The van der Waals surface area contributed by atoms with E-state index in [1.54, 1.807) is 12.1 Å². The number of nitrogens with zero attached hydrogens (tertiary/aromatic N) is 1. The molecule has 2 N–H and O–H groups in total. The zero-order valence-electron chi connectivity index (χ0n) is 13.5. The van der Waals surface area contributed by atoms with Gasteiger partial charge in [0.1, 0.15) is 11.6 Å². The van der Waals surface area contributed by atoms with Crippen molar-refractivity contribution in [1.29, 1.82) is 0 Å². The SMILES string of the molecule is CC(N)C1CCCCN1C(=O)CCCOc1cccc(F)c1.Cl. The molecule has 6 heteroatoms. The lowest BCUT2D eigenvalue weighted by atomic mass is 9.96. The Balaban J connectivity index is 0.00000264. The minimum atomic E-state index is -0.318. The van der Waals surface area contributed by atoms with Crippen molar-refractivity contribution in [1.82, 2.24) is 4.90 Å². The Kier molecular flexibility index (Phi) is 8.34. The predicted octanol–water partition coefficient (Wildman–Crippen LogP) is 3.13. The highest BCUT2D eigenvalue weighted by atomic mass is 35.5. The number of ether oxygens (including phenoxy) is 1. The van der Waals surface area contributed by atoms with E-state index in [9.17, 15) is 9.18 Å². The Morgan fingerprint density at radius 3 is 2.96 bits per heavy atom. The molecule has 0 spiro atoms. The van der Waals surface area contributed by atoms with E-state index in [1.807, 2.05) is 11.8 Å². The van der Waals surface area contributed by atoms with Crippen molar-refractivity contribution in [3.63, 3.8) is 0 Å². The maximum Gasteiger partial charge on any atom is 0.222 e. The van der Waals surface area contributed by atoms with Crippen LogP contribution in [0.3, 0.4) is 0 Å². The number of carbonyl (C=O) groups is 1. The first-order chi connectivity index (χ1) is 10.6. The van der Waals surface area contributed by atoms with E-state index in [0.29, 0.717) is 25.2 Å². The third kappa shape index (κ3) is 5.99. The minimum absolute atomic E-state index is 0. The maximum absolute atomic E-state index is 13.0. The van der Waals surface area contributed by atoms with Crippen molar-refractivity contribution in [2.24, 2.45) is 5.73 Å². The third-order valence-electron chi connectivity index (χ3n) is 4.08. The summed E-state index contributed by atoms with van der Waals surface area (Å²) >= 11 is 0. The van der Waals surface area contributed by atoms with E-state index in [-0.39, 0.29) is 36.2 Å². The first kappa shape index (κ1) is 19.7. The van der Waals surface area contributed by atoms with Gasteiger partial charge in [-0.2, -0.15) is 0 Å². The van der Waals surface area contributed by atoms with E-state index in [0.717, 1.165) is 25.8 Å². The number of hydrogen-bond acceptors (Lipinski definition) is 3. The maximum atomic E-state index is 13.0. The lowest BCUT2D eigenvalue weighted by Gasteiger charge is -2.38. The summed E-state index contributed by atoms with van der Waals surface area (Å²) in [6.07, 6.45) is 4.24. The van der Waals surface area contributed by atoms with Gasteiger partial charge in [0.05, 0.1) is 6.61 Å². The monoisotopic (exact) mass is 344 g/mol. The van der Waals surface area contributed by atoms with Crippen LogP contribution in [0.1, 0.15) is 39.0 Å². The van der Waals surface area contributed by atoms with E-state index in [4.69, 9.17) is 10.5 Å². The molecule has 1 heterocycles. The highest BCUT2D eigenvalue weighted by Gasteiger charge is 2.28. The number of likely N-dealkylation sites (tertiary alicyclic amines) is 1. The zero-order chi connectivity index (χ0) is 15.9. The van der Waals surface area contributed by atoms with Crippen molar-refractivity contribution < 1.29 is 13.9 Å². The number of benzene rings is 1. The predicted molar refractivity (Wildman–Crippen MR) is 91.4 cm³/mol. The van der Waals surface area contributed by atoms with Crippen LogP contribution in [0.25, 0.3) is 0 Å². The van der Waals surface area contributed by atoms with E-state index in [1.165, 1.54) is 12.1 Å². The number of piperidine rings is 1. The molecule has 130 valence electrons. The average molecular weight is 345 g/mol. The van der Waals surface area contributed by atoms with Crippen LogP contribution < -0.4 is 10.5 Å². The van der Waals surface area contributed by atoms with Crippen molar-refractivity contribution in [2.75, 3.05) is 13.2 Å². The first-order valence-corrected chi connectivity index (χ1v) is 8.01. The van der Waals surface area contributed by atoms with Gasteiger partial charge in [-0.05, 0) is 44.7 Å². The summed E-state index contributed by atoms with van der Waals surface area (Å²) in [4.78, 5) is 14.3. The second-order valence-corrected chi connectivity index (χ2v) is 5.92. The van der Waals surface area contributed by atoms with E-state index < -0.39 is 0 Å².